The smallest absolute Gasteiger partial charge is 0.243 e. The van der Waals surface area contributed by atoms with E-state index in [9.17, 15) is 0 Å². The molecule has 0 spiro atoms. The van der Waals surface area contributed by atoms with E-state index in [-0.39, 0.29) is 6.04 Å². The van der Waals surface area contributed by atoms with Crippen molar-refractivity contribution in [1.82, 2.24) is 10.1 Å². The number of thioether (sulfide) groups is 1. The molecule has 0 saturated heterocycles. The van der Waals surface area contributed by atoms with Gasteiger partial charge in [0.2, 0.25) is 5.89 Å². The Morgan fingerprint density at radius 3 is 2.90 bits per heavy atom. The number of unbranched alkanes of at least 4 members (excludes halogenated alkanes) is 1. The summed E-state index contributed by atoms with van der Waals surface area (Å²) < 4.78 is 5.24. The van der Waals surface area contributed by atoms with Crippen LogP contribution >= 0.6 is 11.8 Å². The molecule has 0 bridgehead atoms. The van der Waals surface area contributed by atoms with Crippen LogP contribution in [0.25, 0.3) is 0 Å². The second-order valence-corrected chi connectivity index (χ2v) is 5.87. The molecule has 1 aromatic carbocycles. The maximum atomic E-state index is 6.02. The molecule has 0 aliphatic carbocycles. The highest BCUT2D eigenvalue weighted by Gasteiger charge is 2.14. The quantitative estimate of drug-likeness (QED) is 0.785. The Kier molecular flexibility index (Phi) is 5.61. The summed E-state index contributed by atoms with van der Waals surface area (Å²) in [5.74, 6) is 1.97. The minimum absolute atomic E-state index is 0.139. The number of hydrogen-bond acceptors (Lipinski definition) is 5. The molecule has 1 heterocycles. The summed E-state index contributed by atoms with van der Waals surface area (Å²) in [6.07, 6.45) is 3.09. The van der Waals surface area contributed by atoms with E-state index in [2.05, 4.69) is 36.1 Å². The Bertz CT molecular complexity index is 541. The van der Waals surface area contributed by atoms with Crippen LogP contribution in [0.15, 0.2) is 33.7 Å². The van der Waals surface area contributed by atoms with Crippen LogP contribution in [0.5, 0.6) is 0 Å². The van der Waals surface area contributed by atoms with Gasteiger partial charge in [0.05, 0.1) is 11.8 Å². The standard InChI is InChI=1S/C15H21N3OS/c1-3-4-8-12(16)15-17-14(18-19-15)10-20-13-9-6-5-7-11(13)2/h5-7,9,12H,3-4,8,10,16H2,1-2H3. The summed E-state index contributed by atoms with van der Waals surface area (Å²) in [6.45, 7) is 4.25. The lowest BCUT2D eigenvalue weighted by Crippen LogP contribution is -2.10. The molecule has 0 fully saturated rings. The summed E-state index contributed by atoms with van der Waals surface area (Å²) in [4.78, 5) is 5.63. The summed E-state index contributed by atoms with van der Waals surface area (Å²) in [5, 5.41) is 4.00. The third kappa shape index (κ3) is 4.08. The molecule has 0 amide bonds. The van der Waals surface area contributed by atoms with Crippen molar-refractivity contribution in [2.75, 3.05) is 0 Å². The van der Waals surface area contributed by atoms with Crippen LogP contribution in [-0.4, -0.2) is 10.1 Å². The van der Waals surface area contributed by atoms with Crippen LogP contribution in [-0.2, 0) is 5.75 Å². The minimum atomic E-state index is -0.139. The van der Waals surface area contributed by atoms with E-state index < -0.39 is 0 Å². The second-order valence-electron chi connectivity index (χ2n) is 4.85. The first-order valence-electron chi connectivity index (χ1n) is 6.97. The van der Waals surface area contributed by atoms with Gasteiger partial charge in [-0.2, -0.15) is 4.98 Å². The normalized spacial score (nSPS) is 12.6. The van der Waals surface area contributed by atoms with Gasteiger partial charge in [-0.05, 0) is 25.0 Å². The molecule has 1 atom stereocenters. The number of aromatic nitrogens is 2. The van der Waals surface area contributed by atoms with Gasteiger partial charge in [0.1, 0.15) is 0 Å². The summed E-state index contributed by atoms with van der Waals surface area (Å²) in [7, 11) is 0. The Balaban J connectivity index is 1.91. The molecule has 2 N–H and O–H groups in total. The van der Waals surface area contributed by atoms with E-state index in [1.807, 2.05) is 12.1 Å². The van der Waals surface area contributed by atoms with E-state index >= 15 is 0 Å². The van der Waals surface area contributed by atoms with E-state index in [1.165, 1.54) is 10.5 Å². The maximum Gasteiger partial charge on any atom is 0.243 e. The van der Waals surface area contributed by atoms with E-state index in [1.54, 1.807) is 11.8 Å². The van der Waals surface area contributed by atoms with Crippen molar-refractivity contribution in [3.8, 4) is 0 Å². The number of nitrogens with zero attached hydrogens (tertiary/aromatic N) is 2. The number of hydrogen-bond donors (Lipinski definition) is 1. The molecule has 4 nitrogen and oxygen atoms in total. The zero-order chi connectivity index (χ0) is 14.4. The molecule has 0 radical (unpaired) electrons. The lowest BCUT2D eigenvalue weighted by molar-refractivity contribution is 0.343. The summed E-state index contributed by atoms with van der Waals surface area (Å²) >= 11 is 1.72. The molecule has 0 aliphatic rings. The molecule has 0 saturated carbocycles. The Labute approximate surface area is 124 Å². The van der Waals surface area contributed by atoms with Gasteiger partial charge in [-0.25, -0.2) is 0 Å². The van der Waals surface area contributed by atoms with E-state index in [0.717, 1.165) is 19.3 Å². The highest BCUT2D eigenvalue weighted by atomic mass is 32.2. The lowest BCUT2D eigenvalue weighted by atomic mass is 10.1. The molecular weight excluding hydrogens is 270 g/mol. The second kappa shape index (κ2) is 7.45. The minimum Gasteiger partial charge on any atom is -0.338 e. The van der Waals surface area contributed by atoms with Crippen LogP contribution in [0.1, 0.15) is 49.5 Å². The summed E-state index contributed by atoms with van der Waals surface area (Å²) in [6, 6.07) is 8.15. The fourth-order valence-corrected chi connectivity index (χ4v) is 2.76. The summed E-state index contributed by atoms with van der Waals surface area (Å²) in [5.41, 5.74) is 7.29. The molecule has 20 heavy (non-hydrogen) atoms. The van der Waals surface area contributed by atoms with Crippen molar-refractivity contribution in [2.24, 2.45) is 5.73 Å². The predicted molar refractivity (Wildman–Crippen MR) is 81.5 cm³/mol. The van der Waals surface area contributed by atoms with Gasteiger partial charge in [0, 0.05) is 4.90 Å². The Hall–Kier alpha value is -1.33. The van der Waals surface area contributed by atoms with Crippen molar-refractivity contribution in [3.05, 3.63) is 41.5 Å². The molecule has 1 aromatic heterocycles. The number of benzene rings is 1. The third-order valence-corrected chi connectivity index (χ3v) is 4.29. The SMILES string of the molecule is CCCCC(N)c1nc(CSc2ccccc2C)no1. The van der Waals surface area contributed by atoms with Crippen LogP contribution in [0.3, 0.4) is 0 Å². The molecule has 5 heteroatoms. The van der Waals surface area contributed by atoms with Gasteiger partial charge in [-0.15, -0.1) is 11.8 Å². The molecule has 1 unspecified atom stereocenters. The zero-order valence-electron chi connectivity index (χ0n) is 12.0. The van der Waals surface area contributed by atoms with Gasteiger partial charge in [0.25, 0.3) is 0 Å². The maximum absolute atomic E-state index is 6.02. The van der Waals surface area contributed by atoms with Crippen molar-refractivity contribution < 1.29 is 4.52 Å². The average molecular weight is 291 g/mol. The van der Waals surface area contributed by atoms with Gasteiger partial charge in [0.15, 0.2) is 5.82 Å². The number of rotatable bonds is 7. The highest BCUT2D eigenvalue weighted by Crippen LogP contribution is 2.25. The topological polar surface area (TPSA) is 64.9 Å². The molecule has 2 rings (SSSR count). The number of nitrogens with two attached hydrogens (primary N) is 1. The van der Waals surface area contributed by atoms with Crippen LogP contribution in [0.2, 0.25) is 0 Å². The fourth-order valence-electron chi connectivity index (χ4n) is 1.88. The third-order valence-electron chi connectivity index (χ3n) is 3.12. The highest BCUT2D eigenvalue weighted by molar-refractivity contribution is 7.98. The van der Waals surface area contributed by atoms with Gasteiger partial charge >= 0.3 is 0 Å². The van der Waals surface area contributed by atoms with Crippen LogP contribution in [0.4, 0.5) is 0 Å². The average Bonchev–Trinajstić information content (AvgIpc) is 2.93. The van der Waals surface area contributed by atoms with Gasteiger partial charge in [-0.3, -0.25) is 0 Å². The number of aryl methyl sites for hydroxylation is 1. The first-order valence-corrected chi connectivity index (χ1v) is 7.95. The molecular formula is C15H21N3OS. The largest absolute Gasteiger partial charge is 0.338 e. The van der Waals surface area contributed by atoms with Crippen molar-refractivity contribution in [2.45, 2.75) is 49.8 Å². The Morgan fingerprint density at radius 1 is 1.35 bits per heavy atom. The van der Waals surface area contributed by atoms with Crippen LogP contribution < -0.4 is 5.73 Å². The zero-order valence-corrected chi connectivity index (χ0v) is 12.8. The molecule has 108 valence electrons. The fraction of sp³-hybridized carbons (Fsp3) is 0.467. The van der Waals surface area contributed by atoms with E-state index in [4.69, 9.17) is 10.3 Å². The predicted octanol–water partition coefficient (Wildman–Crippen LogP) is 3.86. The van der Waals surface area contributed by atoms with Crippen LogP contribution in [0, 0.1) is 6.92 Å². The Morgan fingerprint density at radius 2 is 2.15 bits per heavy atom. The monoisotopic (exact) mass is 291 g/mol. The first kappa shape index (κ1) is 15.1. The van der Waals surface area contributed by atoms with Gasteiger partial charge < -0.3 is 10.3 Å². The molecule has 0 aliphatic heterocycles. The van der Waals surface area contributed by atoms with Crippen molar-refractivity contribution in [3.63, 3.8) is 0 Å². The van der Waals surface area contributed by atoms with E-state index in [0.29, 0.717) is 17.5 Å². The molecule has 2 aromatic rings. The first-order chi connectivity index (χ1) is 9.70. The van der Waals surface area contributed by atoms with Crippen molar-refractivity contribution in [1.29, 1.82) is 0 Å². The lowest BCUT2D eigenvalue weighted by Gasteiger charge is -2.04. The van der Waals surface area contributed by atoms with Gasteiger partial charge in [-0.1, -0.05) is 43.1 Å². The van der Waals surface area contributed by atoms with Crippen molar-refractivity contribution >= 4 is 11.8 Å².